The number of rotatable bonds is 5. The largest absolute Gasteiger partial charge is 0.391 e. The summed E-state index contributed by atoms with van der Waals surface area (Å²) in [6, 6.07) is 3.93. The number of pyridine rings is 1. The summed E-state index contributed by atoms with van der Waals surface area (Å²) in [6.07, 6.45) is 2.34. The van der Waals surface area contributed by atoms with Crippen molar-refractivity contribution in [3.63, 3.8) is 0 Å². The van der Waals surface area contributed by atoms with Crippen molar-refractivity contribution in [2.45, 2.75) is 33.3 Å². The number of aliphatic hydroxyl groups is 1. The van der Waals surface area contributed by atoms with Crippen LogP contribution in [0.25, 0.3) is 0 Å². The van der Waals surface area contributed by atoms with E-state index in [1.54, 1.807) is 0 Å². The van der Waals surface area contributed by atoms with E-state index in [0.717, 1.165) is 17.8 Å². The van der Waals surface area contributed by atoms with Gasteiger partial charge in [0.15, 0.2) is 0 Å². The number of nitrogens with zero attached hydrogens (tertiary/aromatic N) is 1. The van der Waals surface area contributed by atoms with Gasteiger partial charge in [0.1, 0.15) is 5.82 Å². The summed E-state index contributed by atoms with van der Waals surface area (Å²) in [4.78, 5) is 4.21. The molecule has 1 atom stereocenters. The van der Waals surface area contributed by atoms with Gasteiger partial charge in [0.25, 0.3) is 0 Å². The Labute approximate surface area is 91.5 Å². The minimum Gasteiger partial charge on any atom is -0.391 e. The molecule has 1 aromatic rings. The SMILES string of the molecule is Cc1ccc(NCC(O)CC(C)C)nc1. The second-order valence-corrected chi connectivity index (χ2v) is 4.39. The molecule has 2 N–H and O–H groups in total. The number of hydrogen-bond donors (Lipinski definition) is 2. The van der Waals surface area contributed by atoms with Crippen LogP contribution in [0.15, 0.2) is 18.3 Å². The van der Waals surface area contributed by atoms with Gasteiger partial charge < -0.3 is 10.4 Å². The maximum Gasteiger partial charge on any atom is 0.125 e. The van der Waals surface area contributed by atoms with E-state index in [1.807, 2.05) is 25.3 Å². The van der Waals surface area contributed by atoms with Crippen LogP contribution < -0.4 is 5.32 Å². The quantitative estimate of drug-likeness (QED) is 0.779. The van der Waals surface area contributed by atoms with Crippen LogP contribution in [-0.2, 0) is 0 Å². The molecule has 0 spiro atoms. The van der Waals surface area contributed by atoms with Crippen LogP contribution in [0.4, 0.5) is 5.82 Å². The Morgan fingerprint density at radius 1 is 1.40 bits per heavy atom. The maximum atomic E-state index is 9.65. The average Bonchev–Trinajstić information content (AvgIpc) is 2.16. The Hall–Kier alpha value is -1.09. The van der Waals surface area contributed by atoms with Crippen LogP contribution in [0.3, 0.4) is 0 Å². The summed E-state index contributed by atoms with van der Waals surface area (Å²) >= 11 is 0. The first kappa shape index (κ1) is 12.0. The summed E-state index contributed by atoms with van der Waals surface area (Å²) in [5.41, 5.74) is 1.14. The number of anilines is 1. The third-order valence-corrected chi connectivity index (χ3v) is 2.17. The van der Waals surface area contributed by atoms with Gasteiger partial charge in [-0.3, -0.25) is 0 Å². The highest BCUT2D eigenvalue weighted by molar-refractivity contribution is 5.35. The van der Waals surface area contributed by atoms with E-state index in [9.17, 15) is 5.11 Å². The molecule has 3 nitrogen and oxygen atoms in total. The Kier molecular flexibility index (Phi) is 4.56. The molecule has 3 heteroatoms. The topological polar surface area (TPSA) is 45.1 Å². The van der Waals surface area contributed by atoms with Gasteiger partial charge in [-0.1, -0.05) is 19.9 Å². The Morgan fingerprint density at radius 2 is 2.13 bits per heavy atom. The van der Waals surface area contributed by atoms with Gasteiger partial charge in [0, 0.05) is 12.7 Å². The Morgan fingerprint density at radius 3 is 2.67 bits per heavy atom. The first-order valence-corrected chi connectivity index (χ1v) is 5.42. The molecule has 0 saturated heterocycles. The first-order valence-electron chi connectivity index (χ1n) is 5.42. The molecule has 15 heavy (non-hydrogen) atoms. The maximum absolute atomic E-state index is 9.65. The number of aliphatic hydroxyl groups excluding tert-OH is 1. The minimum atomic E-state index is -0.298. The van der Waals surface area contributed by atoms with Crippen molar-refractivity contribution >= 4 is 5.82 Å². The zero-order valence-corrected chi connectivity index (χ0v) is 9.70. The van der Waals surface area contributed by atoms with E-state index < -0.39 is 0 Å². The predicted octanol–water partition coefficient (Wildman–Crippen LogP) is 2.21. The molecule has 0 radical (unpaired) electrons. The minimum absolute atomic E-state index is 0.298. The van der Waals surface area contributed by atoms with Crippen molar-refractivity contribution < 1.29 is 5.11 Å². The fourth-order valence-corrected chi connectivity index (χ4v) is 1.42. The second-order valence-electron chi connectivity index (χ2n) is 4.39. The zero-order valence-electron chi connectivity index (χ0n) is 9.70. The molecule has 0 aliphatic carbocycles. The molecule has 0 aliphatic heterocycles. The van der Waals surface area contributed by atoms with Gasteiger partial charge in [-0.2, -0.15) is 0 Å². The van der Waals surface area contributed by atoms with Crippen molar-refractivity contribution in [3.05, 3.63) is 23.9 Å². The van der Waals surface area contributed by atoms with Crippen molar-refractivity contribution in [2.24, 2.45) is 5.92 Å². The standard InChI is InChI=1S/C12H20N2O/c1-9(2)6-11(15)8-14-12-5-4-10(3)7-13-12/h4-5,7,9,11,15H,6,8H2,1-3H3,(H,13,14). The molecule has 1 rings (SSSR count). The van der Waals surface area contributed by atoms with Crippen LogP contribution in [0, 0.1) is 12.8 Å². The van der Waals surface area contributed by atoms with Crippen LogP contribution in [-0.4, -0.2) is 22.7 Å². The van der Waals surface area contributed by atoms with E-state index >= 15 is 0 Å². The van der Waals surface area contributed by atoms with Crippen LogP contribution >= 0.6 is 0 Å². The molecule has 0 aliphatic rings. The molecule has 1 aromatic heterocycles. The monoisotopic (exact) mass is 208 g/mol. The fourth-order valence-electron chi connectivity index (χ4n) is 1.42. The van der Waals surface area contributed by atoms with Gasteiger partial charge in [0.2, 0.25) is 0 Å². The molecule has 0 fully saturated rings. The number of aryl methyl sites for hydroxylation is 1. The molecule has 0 bridgehead atoms. The van der Waals surface area contributed by atoms with Crippen LogP contribution in [0.2, 0.25) is 0 Å². The number of nitrogens with one attached hydrogen (secondary N) is 1. The molecule has 84 valence electrons. The van der Waals surface area contributed by atoms with Gasteiger partial charge >= 0.3 is 0 Å². The predicted molar refractivity (Wildman–Crippen MR) is 62.9 cm³/mol. The molecule has 0 aromatic carbocycles. The van der Waals surface area contributed by atoms with Gasteiger partial charge in [-0.05, 0) is 30.9 Å². The van der Waals surface area contributed by atoms with E-state index in [1.165, 1.54) is 0 Å². The summed E-state index contributed by atoms with van der Waals surface area (Å²) < 4.78 is 0. The summed E-state index contributed by atoms with van der Waals surface area (Å²) in [5, 5.41) is 12.8. The summed E-state index contributed by atoms with van der Waals surface area (Å²) in [7, 11) is 0. The molecule has 0 amide bonds. The smallest absolute Gasteiger partial charge is 0.125 e. The molecule has 1 unspecified atom stereocenters. The van der Waals surface area contributed by atoms with E-state index in [-0.39, 0.29) is 6.10 Å². The van der Waals surface area contributed by atoms with Crippen molar-refractivity contribution in [3.8, 4) is 0 Å². The van der Waals surface area contributed by atoms with Gasteiger partial charge in [-0.15, -0.1) is 0 Å². The van der Waals surface area contributed by atoms with Crippen molar-refractivity contribution in [2.75, 3.05) is 11.9 Å². The highest BCUT2D eigenvalue weighted by Crippen LogP contribution is 2.07. The molecular weight excluding hydrogens is 188 g/mol. The summed E-state index contributed by atoms with van der Waals surface area (Å²) in [5.74, 6) is 1.34. The lowest BCUT2D eigenvalue weighted by Crippen LogP contribution is -2.21. The highest BCUT2D eigenvalue weighted by Gasteiger charge is 2.06. The molecule has 0 saturated carbocycles. The zero-order chi connectivity index (χ0) is 11.3. The fraction of sp³-hybridized carbons (Fsp3) is 0.583. The highest BCUT2D eigenvalue weighted by atomic mass is 16.3. The second kappa shape index (κ2) is 5.71. The third-order valence-electron chi connectivity index (χ3n) is 2.17. The van der Waals surface area contributed by atoms with E-state index in [4.69, 9.17) is 0 Å². The van der Waals surface area contributed by atoms with Gasteiger partial charge in [-0.25, -0.2) is 4.98 Å². The molecule has 1 heterocycles. The van der Waals surface area contributed by atoms with Gasteiger partial charge in [0.05, 0.1) is 6.10 Å². The first-order chi connectivity index (χ1) is 7.08. The Bertz CT molecular complexity index is 282. The number of aromatic nitrogens is 1. The summed E-state index contributed by atoms with van der Waals surface area (Å²) in [6.45, 7) is 6.78. The average molecular weight is 208 g/mol. The van der Waals surface area contributed by atoms with E-state index in [2.05, 4.69) is 24.1 Å². The molecular formula is C12H20N2O. The van der Waals surface area contributed by atoms with Crippen molar-refractivity contribution in [1.82, 2.24) is 4.98 Å². The number of hydrogen-bond acceptors (Lipinski definition) is 3. The lowest BCUT2D eigenvalue weighted by atomic mass is 10.1. The van der Waals surface area contributed by atoms with Crippen LogP contribution in [0.1, 0.15) is 25.8 Å². The van der Waals surface area contributed by atoms with Crippen LogP contribution in [0.5, 0.6) is 0 Å². The lowest BCUT2D eigenvalue weighted by molar-refractivity contribution is 0.161. The third kappa shape index (κ3) is 4.79. The Balaban J connectivity index is 2.33. The van der Waals surface area contributed by atoms with E-state index in [0.29, 0.717) is 12.5 Å². The lowest BCUT2D eigenvalue weighted by Gasteiger charge is -2.14. The normalized spacial score (nSPS) is 12.9. The van der Waals surface area contributed by atoms with Crippen molar-refractivity contribution in [1.29, 1.82) is 0 Å².